The lowest BCUT2D eigenvalue weighted by Crippen LogP contribution is -2.42. The summed E-state index contributed by atoms with van der Waals surface area (Å²) in [6.07, 6.45) is -2.16. The van der Waals surface area contributed by atoms with Crippen LogP contribution in [0.1, 0.15) is 18.4 Å². The molecule has 1 saturated heterocycles. The smallest absolute Gasteiger partial charge is 0.393 e. The lowest BCUT2D eigenvalue weighted by atomic mass is 9.97. The SMILES string of the molecule is NC(=NO)c1ccc(N2CCCC(C(F)(F)F)C2)nc1. The van der Waals surface area contributed by atoms with Crippen molar-refractivity contribution in [2.45, 2.75) is 19.0 Å². The second-order valence-electron chi connectivity index (χ2n) is 4.72. The highest BCUT2D eigenvalue weighted by atomic mass is 19.4. The van der Waals surface area contributed by atoms with Crippen LogP contribution in [-0.4, -0.2) is 35.3 Å². The van der Waals surface area contributed by atoms with Gasteiger partial charge >= 0.3 is 6.18 Å². The largest absolute Gasteiger partial charge is 0.409 e. The maximum absolute atomic E-state index is 12.7. The predicted octanol–water partition coefficient (Wildman–Crippen LogP) is 1.95. The van der Waals surface area contributed by atoms with Crippen molar-refractivity contribution in [2.24, 2.45) is 16.8 Å². The van der Waals surface area contributed by atoms with E-state index in [4.69, 9.17) is 10.9 Å². The Morgan fingerprint density at radius 1 is 1.45 bits per heavy atom. The fourth-order valence-electron chi connectivity index (χ4n) is 2.23. The summed E-state index contributed by atoms with van der Waals surface area (Å²) in [7, 11) is 0. The molecule has 1 unspecified atom stereocenters. The summed E-state index contributed by atoms with van der Waals surface area (Å²) >= 11 is 0. The van der Waals surface area contributed by atoms with E-state index < -0.39 is 12.1 Å². The quantitative estimate of drug-likeness (QED) is 0.377. The zero-order valence-electron chi connectivity index (χ0n) is 10.6. The molecule has 1 aromatic rings. The van der Waals surface area contributed by atoms with Crippen LogP contribution in [0.25, 0.3) is 0 Å². The van der Waals surface area contributed by atoms with Gasteiger partial charge in [-0.2, -0.15) is 13.2 Å². The van der Waals surface area contributed by atoms with Gasteiger partial charge in [-0.15, -0.1) is 0 Å². The Balaban J connectivity index is 2.11. The van der Waals surface area contributed by atoms with Crippen molar-refractivity contribution >= 4 is 11.7 Å². The number of alkyl halides is 3. The number of piperidine rings is 1. The molecule has 1 aliphatic rings. The third-order valence-electron chi connectivity index (χ3n) is 3.36. The number of anilines is 1. The third kappa shape index (κ3) is 3.12. The van der Waals surface area contributed by atoms with Crippen LogP contribution in [0.4, 0.5) is 19.0 Å². The van der Waals surface area contributed by atoms with Crippen LogP contribution >= 0.6 is 0 Å². The molecule has 0 amide bonds. The van der Waals surface area contributed by atoms with Gasteiger partial charge in [0.15, 0.2) is 5.84 Å². The Morgan fingerprint density at radius 2 is 2.20 bits per heavy atom. The van der Waals surface area contributed by atoms with Crippen molar-refractivity contribution < 1.29 is 18.4 Å². The van der Waals surface area contributed by atoms with Crippen LogP contribution in [0.2, 0.25) is 0 Å². The monoisotopic (exact) mass is 288 g/mol. The Bertz CT molecular complexity index is 486. The normalized spacial score (nSPS) is 21.1. The Hall–Kier alpha value is -1.99. The second kappa shape index (κ2) is 5.56. The summed E-state index contributed by atoms with van der Waals surface area (Å²) < 4.78 is 38.2. The van der Waals surface area contributed by atoms with Gasteiger partial charge in [0.2, 0.25) is 0 Å². The molecular formula is C12H15F3N4O. The van der Waals surface area contributed by atoms with Crippen molar-refractivity contribution in [3.8, 4) is 0 Å². The van der Waals surface area contributed by atoms with E-state index in [-0.39, 0.29) is 18.8 Å². The molecule has 1 fully saturated rings. The minimum atomic E-state index is -4.17. The number of nitrogens with two attached hydrogens (primary N) is 1. The first kappa shape index (κ1) is 14.4. The zero-order chi connectivity index (χ0) is 14.8. The highest BCUT2D eigenvalue weighted by molar-refractivity contribution is 5.96. The maximum atomic E-state index is 12.7. The van der Waals surface area contributed by atoms with E-state index in [0.717, 1.165) is 0 Å². The summed E-state index contributed by atoms with van der Waals surface area (Å²) in [5.41, 5.74) is 5.82. The van der Waals surface area contributed by atoms with Gasteiger partial charge in [-0.3, -0.25) is 0 Å². The van der Waals surface area contributed by atoms with Crippen molar-refractivity contribution in [1.82, 2.24) is 4.98 Å². The molecule has 110 valence electrons. The highest BCUT2D eigenvalue weighted by Crippen LogP contribution is 2.34. The maximum Gasteiger partial charge on any atom is 0.393 e. The van der Waals surface area contributed by atoms with Crippen LogP contribution in [0.5, 0.6) is 0 Å². The van der Waals surface area contributed by atoms with Gasteiger partial charge in [0.05, 0.1) is 5.92 Å². The van der Waals surface area contributed by atoms with Crippen LogP contribution in [-0.2, 0) is 0 Å². The van der Waals surface area contributed by atoms with Gasteiger partial charge in [0.1, 0.15) is 5.82 Å². The number of hydrogen-bond acceptors (Lipinski definition) is 4. The van der Waals surface area contributed by atoms with Crippen LogP contribution in [0.15, 0.2) is 23.5 Å². The van der Waals surface area contributed by atoms with E-state index in [0.29, 0.717) is 24.3 Å². The summed E-state index contributed by atoms with van der Waals surface area (Å²) in [4.78, 5) is 5.68. The molecule has 1 aliphatic heterocycles. The van der Waals surface area contributed by atoms with E-state index >= 15 is 0 Å². The van der Waals surface area contributed by atoms with Crippen molar-refractivity contribution in [2.75, 3.05) is 18.0 Å². The fourth-order valence-corrected chi connectivity index (χ4v) is 2.23. The lowest BCUT2D eigenvalue weighted by Gasteiger charge is -2.34. The lowest BCUT2D eigenvalue weighted by molar-refractivity contribution is -0.176. The molecule has 0 saturated carbocycles. The van der Waals surface area contributed by atoms with E-state index in [1.54, 1.807) is 17.0 Å². The predicted molar refractivity (Wildman–Crippen MR) is 67.7 cm³/mol. The van der Waals surface area contributed by atoms with Crippen LogP contribution in [0.3, 0.4) is 0 Å². The number of aromatic nitrogens is 1. The van der Waals surface area contributed by atoms with Crippen molar-refractivity contribution in [3.05, 3.63) is 23.9 Å². The molecule has 0 aliphatic carbocycles. The van der Waals surface area contributed by atoms with Gasteiger partial charge in [0, 0.05) is 24.8 Å². The zero-order valence-corrected chi connectivity index (χ0v) is 10.6. The standard InChI is InChI=1S/C12H15F3N4O/c13-12(14,15)9-2-1-5-19(7-9)10-4-3-8(6-17-10)11(16)18-20/h3-4,6,9,20H,1-2,5,7H2,(H2,16,18). The Kier molecular flexibility index (Phi) is 4.01. The number of amidine groups is 1. The molecule has 8 heteroatoms. The van der Waals surface area contributed by atoms with Gasteiger partial charge in [0.25, 0.3) is 0 Å². The molecule has 0 aromatic carbocycles. The number of nitrogens with zero attached hydrogens (tertiary/aromatic N) is 3. The number of pyridine rings is 1. The topological polar surface area (TPSA) is 74.7 Å². The van der Waals surface area contributed by atoms with Crippen molar-refractivity contribution in [1.29, 1.82) is 0 Å². The molecule has 2 rings (SSSR count). The minimum absolute atomic E-state index is 0.0839. The van der Waals surface area contributed by atoms with Crippen LogP contribution < -0.4 is 10.6 Å². The summed E-state index contributed by atoms with van der Waals surface area (Å²) in [6, 6.07) is 3.14. The number of rotatable bonds is 2. The molecule has 0 bridgehead atoms. The molecule has 0 radical (unpaired) electrons. The van der Waals surface area contributed by atoms with Gasteiger partial charge in [-0.25, -0.2) is 4.98 Å². The minimum Gasteiger partial charge on any atom is -0.409 e. The molecule has 1 atom stereocenters. The third-order valence-corrected chi connectivity index (χ3v) is 3.36. The second-order valence-corrected chi connectivity index (χ2v) is 4.72. The number of halogens is 3. The molecule has 3 N–H and O–H groups in total. The van der Waals surface area contributed by atoms with E-state index in [1.807, 2.05) is 0 Å². The molecule has 5 nitrogen and oxygen atoms in total. The van der Waals surface area contributed by atoms with Gasteiger partial charge in [-0.1, -0.05) is 5.16 Å². The summed E-state index contributed by atoms with van der Waals surface area (Å²) in [6.45, 7) is 0.460. The molecule has 20 heavy (non-hydrogen) atoms. The highest BCUT2D eigenvalue weighted by Gasteiger charge is 2.41. The number of oxime groups is 1. The first-order valence-corrected chi connectivity index (χ1v) is 6.17. The molecule has 2 heterocycles. The van der Waals surface area contributed by atoms with Crippen LogP contribution in [0, 0.1) is 5.92 Å². The molecule has 0 spiro atoms. The average molecular weight is 288 g/mol. The Labute approximate surface area is 113 Å². The van der Waals surface area contributed by atoms with E-state index in [2.05, 4.69) is 10.1 Å². The first-order valence-electron chi connectivity index (χ1n) is 6.17. The molecular weight excluding hydrogens is 273 g/mol. The van der Waals surface area contributed by atoms with Gasteiger partial charge in [-0.05, 0) is 25.0 Å². The fraction of sp³-hybridized carbons (Fsp3) is 0.500. The summed E-state index contributed by atoms with van der Waals surface area (Å²) in [5, 5.41) is 11.4. The van der Waals surface area contributed by atoms with Crippen molar-refractivity contribution in [3.63, 3.8) is 0 Å². The van der Waals surface area contributed by atoms with Gasteiger partial charge < -0.3 is 15.8 Å². The average Bonchev–Trinajstić information content (AvgIpc) is 2.46. The molecule has 1 aromatic heterocycles. The van der Waals surface area contributed by atoms with E-state index in [1.165, 1.54) is 6.20 Å². The first-order chi connectivity index (χ1) is 9.41. The Morgan fingerprint density at radius 3 is 2.75 bits per heavy atom. The summed E-state index contributed by atoms with van der Waals surface area (Å²) in [5.74, 6) is -0.939. The van der Waals surface area contributed by atoms with E-state index in [9.17, 15) is 13.2 Å². The number of hydrogen-bond donors (Lipinski definition) is 2.